The largest absolute Gasteiger partial charge is 0.208 e. The minimum Gasteiger partial charge on any atom is -0.208 e. The molecule has 0 N–H and O–H groups in total. The van der Waals surface area contributed by atoms with E-state index in [1.54, 1.807) is 0 Å². The van der Waals surface area contributed by atoms with E-state index in [9.17, 15) is 0 Å². The summed E-state index contributed by atoms with van der Waals surface area (Å²) in [4.78, 5) is 15.2. The Kier molecular flexibility index (Phi) is 9.97. The number of nitrogens with zero attached hydrogens (tertiary/aromatic N) is 3. The lowest BCUT2D eigenvalue weighted by molar-refractivity contribution is 1.07. The van der Waals surface area contributed by atoms with E-state index in [1.165, 1.54) is 27.8 Å². The lowest BCUT2D eigenvalue weighted by Gasteiger charge is -2.24. The Hall–Kier alpha value is -8.01. The molecule has 0 amide bonds. The Morgan fingerprint density at radius 2 is 0.483 bits per heavy atom. The topological polar surface area (TPSA) is 38.7 Å². The highest BCUT2D eigenvalue weighted by Gasteiger charge is 2.24. The van der Waals surface area contributed by atoms with E-state index in [1.807, 2.05) is 36.4 Å². The molecule has 0 spiro atoms. The molecule has 10 rings (SSSR count). The molecule has 1 heterocycles. The maximum absolute atomic E-state index is 5.13. The fourth-order valence-electron chi connectivity index (χ4n) is 8.08. The molecule has 0 saturated carbocycles. The average Bonchev–Trinajstić information content (AvgIpc) is 3.35. The fraction of sp³-hybridized carbons (Fsp3) is 0. The Morgan fingerprint density at radius 3 is 0.950 bits per heavy atom. The molecule has 0 aliphatic carbocycles. The summed E-state index contributed by atoms with van der Waals surface area (Å²) in [5, 5.41) is 0. The van der Waals surface area contributed by atoms with Gasteiger partial charge in [-0.05, 0) is 78.9 Å². The summed E-state index contributed by atoms with van der Waals surface area (Å²) in [6, 6.07) is 83.2. The molecule has 0 aliphatic heterocycles. The van der Waals surface area contributed by atoms with E-state index in [0.717, 1.165) is 55.6 Å². The zero-order chi connectivity index (χ0) is 40.1. The van der Waals surface area contributed by atoms with Crippen molar-refractivity contribution in [3.63, 3.8) is 0 Å². The van der Waals surface area contributed by atoms with Gasteiger partial charge in [-0.3, -0.25) is 0 Å². The summed E-state index contributed by atoms with van der Waals surface area (Å²) in [7, 11) is 0. The minimum absolute atomic E-state index is 0.619. The van der Waals surface area contributed by atoms with E-state index in [-0.39, 0.29) is 0 Å². The molecule has 0 fully saturated rings. The van der Waals surface area contributed by atoms with Crippen LogP contribution in [0.5, 0.6) is 0 Å². The molecular weight excluding hydrogens is 727 g/mol. The molecule has 0 bridgehead atoms. The van der Waals surface area contributed by atoms with E-state index in [2.05, 4.69) is 200 Å². The number of benzene rings is 9. The van der Waals surface area contributed by atoms with Gasteiger partial charge in [0, 0.05) is 16.7 Å². The van der Waals surface area contributed by atoms with Gasteiger partial charge < -0.3 is 0 Å². The summed E-state index contributed by atoms with van der Waals surface area (Å²) < 4.78 is 0. The van der Waals surface area contributed by atoms with Crippen LogP contribution in [0.2, 0.25) is 0 Å². The van der Waals surface area contributed by atoms with Crippen molar-refractivity contribution in [1.29, 1.82) is 0 Å². The van der Waals surface area contributed by atoms with Crippen molar-refractivity contribution in [2.24, 2.45) is 0 Å². The van der Waals surface area contributed by atoms with E-state index >= 15 is 0 Å². The normalized spacial score (nSPS) is 11.0. The van der Waals surface area contributed by atoms with E-state index in [4.69, 9.17) is 15.0 Å². The standard InChI is InChI=1S/C57H39N3/c1-7-20-40(21-8-1)48-32-19-33-49(38-48)57-59-55(46-30-17-6-18-31-46)58-56(60-57)47-36-34-42(35-37-47)51-39-50(41-22-9-2-10-23-41)52(43-24-11-3-12-25-43)54(45-28-15-5-16-29-45)53(51)44-26-13-4-14-27-44/h1-39H. The molecule has 282 valence electrons. The number of hydrogen-bond donors (Lipinski definition) is 0. The highest BCUT2D eigenvalue weighted by Crippen LogP contribution is 2.50. The first kappa shape index (κ1) is 36.3. The van der Waals surface area contributed by atoms with Crippen LogP contribution in [-0.4, -0.2) is 15.0 Å². The second-order valence-electron chi connectivity index (χ2n) is 14.8. The van der Waals surface area contributed by atoms with E-state index < -0.39 is 0 Å². The number of aromatic nitrogens is 3. The maximum atomic E-state index is 5.13. The van der Waals surface area contributed by atoms with Gasteiger partial charge in [-0.25, -0.2) is 15.0 Å². The van der Waals surface area contributed by atoms with Gasteiger partial charge in [-0.2, -0.15) is 0 Å². The van der Waals surface area contributed by atoms with Crippen molar-refractivity contribution >= 4 is 0 Å². The van der Waals surface area contributed by atoms with Crippen molar-refractivity contribution in [3.8, 4) is 101 Å². The molecule has 9 aromatic carbocycles. The van der Waals surface area contributed by atoms with Gasteiger partial charge in [-0.15, -0.1) is 0 Å². The molecule has 3 nitrogen and oxygen atoms in total. The zero-order valence-electron chi connectivity index (χ0n) is 32.9. The van der Waals surface area contributed by atoms with Gasteiger partial charge in [0.25, 0.3) is 0 Å². The molecule has 0 unspecified atom stereocenters. The molecule has 3 heteroatoms. The predicted octanol–water partition coefficient (Wildman–Crippen LogP) is 14.9. The van der Waals surface area contributed by atoms with Crippen LogP contribution in [0.1, 0.15) is 0 Å². The summed E-state index contributed by atoms with van der Waals surface area (Å²) in [6.45, 7) is 0. The molecule has 0 aliphatic rings. The van der Waals surface area contributed by atoms with Gasteiger partial charge in [0.15, 0.2) is 17.5 Å². The van der Waals surface area contributed by atoms with Gasteiger partial charge in [0.2, 0.25) is 0 Å². The van der Waals surface area contributed by atoms with Crippen LogP contribution >= 0.6 is 0 Å². The minimum atomic E-state index is 0.619. The van der Waals surface area contributed by atoms with Crippen LogP contribution in [0.4, 0.5) is 0 Å². The first-order valence-electron chi connectivity index (χ1n) is 20.3. The van der Waals surface area contributed by atoms with Gasteiger partial charge in [0.1, 0.15) is 0 Å². The van der Waals surface area contributed by atoms with Crippen LogP contribution < -0.4 is 0 Å². The van der Waals surface area contributed by atoms with Gasteiger partial charge in [0.05, 0.1) is 0 Å². The summed E-state index contributed by atoms with van der Waals surface area (Å²) in [5.41, 5.74) is 16.7. The van der Waals surface area contributed by atoms with Crippen LogP contribution in [0.25, 0.3) is 101 Å². The smallest absolute Gasteiger partial charge is 0.164 e. The van der Waals surface area contributed by atoms with Crippen LogP contribution in [0.15, 0.2) is 237 Å². The van der Waals surface area contributed by atoms with Crippen molar-refractivity contribution in [2.45, 2.75) is 0 Å². The fourth-order valence-corrected chi connectivity index (χ4v) is 8.08. The Labute approximate surface area is 351 Å². The molecule has 0 saturated heterocycles. The first-order chi connectivity index (χ1) is 29.8. The molecule has 0 atom stereocenters. The highest BCUT2D eigenvalue weighted by molar-refractivity contribution is 6.07. The molecule has 60 heavy (non-hydrogen) atoms. The summed E-state index contributed by atoms with van der Waals surface area (Å²) in [5.74, 6) is 1.88. The van der Waals surface area contributed by atoms with Crippen LogP contribution in [0.3, 0.4) is 0 Å². The average molecular weight is 766 g/mol. The third kappa shape index (κ3) is 7.32. The number of hydrogen-bond acceptors (Lipinski definition) is 3. The molecule has 0 radical (unpaired) electrons. The van der Waals surface area contributed by atoms with Crippen LogP contribution in [-0.2, 0) is 0 Å². The zero-order valence-corrected chi connectivity index (χ0v) is 32.9. The second kappa shape index (κ2) is 16.5. The first-order valence-corrected chi connectivity index (χ1v) is 20.3. The maximum Gasteiger partial charge on any atom is 0.164 e. The van der Waals surface area contributed by atoms with Crippen molar-refractivity contribution in [2.75, 3.05) is 0 Å². The summed E-state index contributed by atoms with van der Waals surface area (Å²) in [6.07, 6.45) is 0. The van der Waals surface area contributed by atoms with Crippen molar-refractivity contribution in [3.05, 3.63) is 237 Å². The van der Waals surface area contributed by atoms with Crippen molar-refractivity contribution < 1.29 is 0 Å². The van der Waals surface area contributed by atoms with Crippen LogP contribution in [0, 0.1) is 0 Å². The number of rotatable bonds is 9. The lowest BCUT2D eigenvalue weighted by atomic mass is 9.79. The highest BCUT2D eigenvalue weighted by atomic mass is 15.0. The molecular formula is C57H39N3. The van der Waals surface area contributed by atoms with Gasteiger partial charge in [-0.1, -0.05) is 224 Å². The molecule has 1 aromatic heterocycles. The Bertz CT molecular complexity index is 3020. The monoisotopic (exact) mass is 765 g/mol. The second-order valence-corrected chi connectivity index (χ2v) is 14.8. The molecule has 10 aromatic rings. The third-order valence-electron chi connectivity index (χ3n) is 10.9. The van der Waals surface area contributed by atoms with Crippen molar-refractivity contribution in [1.82, 2.24) is 15.0 Å². The van der Waals surface area contributed by atoms with Gasteiger partial charge >= 0.3 is 0 Å². The van der Waals surface area contributed by atoms with E-state index in [0.29, 0.717) is 17.5 Å². The Morgan fingerprint density at radius 1 is 0.183 bits per heavy atom. The Balaban J connectivity index is 1.17. The summed E-state index contributed by atoms with van der Waals surface area (Å²) >= 11 is 0. The lowest BCUT2D eigenvalue weighted by Crippen LogP contribution is -2.00. The third-order valence-corrected chi connectivity index (χ3v) is 10.9. The SMILES string of the molecule is c1ccc(-c2cccc(-c3nc(-c4ccccc4)nc(-c4ccc(-c5cc(-c6ccccc6)c(-c6ccccc6)c(-c6ccccc6)c5-c5ccccc5)cc4)n3)c2)cc1. The predicted molar refractivity (Wildman–Crippen MR) is 249 cm³/mol. The quantitative estimate of drug-likeness (QED) is 0.147.